The standard InChI is InChI=1S/C10H12ClN3O2/c1-10(2,9(12)16)14-8(15)6-3-4-7(11)13-5-6/h3-5H,1-2H3,(H2,12,16)(H,14,15). The van der Waals surface area contributed by atoms with Crippen molar-refractivity contribution >= 4 is 23.4 Å². The van der Waals surface area contributed by atoms with E-state index in [1.165, 1.54) is 32.2 Å². The second-order valence-corrected chi connectivity index (χ2v) is 4.20. The Balaban J connectivity index is 2.81. The molecule has 86 valence electrons. The summed E-state index contributed by atoms with van der Waals surface area (Å²) in [5.41, 5.74) is 4.35. The minimum Gasteiger partial charge on any atom is -0.368 e. The number of halogens is 1. The van der Waals surface area contributed by atoms with Crippen LogP contribution in [0.5, 0.6) is 0 Å². The highest BCUT2D eigenvalue weighted by atomic mass is 35.5. The van der Waals surface area contributed by atoms with E-state index in [0.29, 0.717) is 10.7 Å². The van der Waals surface area contributed by atoms with Crippen LogP contribution in [0.3, 0.4) is 0 Å². The van der Waals surface area contributed by atoms with E-state index in [1.807, 2.05) is 0 Å². The first-order valence-electron chi connectivity index (χ1n) is 4.57. The number of aromatic nitrogens is 1. The largest absolute Gasteiger partial charge is 0.368 e. The van der Waals surface area contributed by atoms with E-state index >= 15 is 0 Å². The number of amides is 2. The number of nitrogens with one attached hydrogen (secondary N) is 1. The summed E-state index contributed by atoms with van der Waals surface area (Å²) in [6, 6.07) is 3.01. The Kier molecular flexibility index (Phi) is 3.49. The molecule has 0 aromatic carbocycles. The van der Waals surface area contributed by atoms with Crippen molar-refractivity contribution in [1.29, 1.82) is 0 Å². The normalized spacial score (nSPS) is 10.9. The smallest absolute Gasteiger partial charge is 0.253 e. The Hall–Kier alpha value is -1.62. The van der Waals surface area contributed by atoms with Gasteiger partial charge in [0.25, 0.3) is 5.91 Å². The molecule has 6 heteroatoms. The third-order valence-electron chi connectivity index (χ3n) is 2.03. The molecular weight excluding hydrogens is 230 g/mol. The SMILES string of the molecule is CC(C)(NC(=O)c1ccc(Cl)nc1)C(N)=O. The van der Waals surface area contributed by atoms with Gasteiger partial charge in [0.05, 0.1) is 5.56 Å². The maximum Gasteiger partial charge on any atom is 0.253 e. The van der Waals surface area contributed by atoms with Crippen LogP contribution in [-0.4, -0.2) is 22.3 Å². The predicted octanol–water partition coefficient (Wildman–Crippen LogP) is 0.729. The van der Waals surface area contributed by atoms with E-state index in [0.717, 1.165) is 0 Å². The number of hydrogen-bond acceptors (Lipinski definition) is 3. The zero-order valence-electron chi connectivity index (χ0n) is 8.95. The van der Waals surface area contributed by atoms with Gasteiger partial charge in [-0.25, -0.2) is 4.98 Å². The molecule has 0 aliphatic heterocycles. The molecule has 1 heterocycles. The highest BCUT2D eigenvalue weighted by Crippen LogP contribution is 2.07. The predicted molar refractivity (Wildman–Crippen MR) is 60.0 cm³/mol. The quantitative estimate of drug-likeness (QED) is 0.765. The lowest BCUT2D eigenvalue weighted by molar-refractivity contribution is -0.122. The second kappa shape index (κ2) is 4.49. The third kappa shape index (κ3) is 2.93. The Morgan fingerprint density at radius 2 is 2.06 bits per heavy atom. The summed E-state index contributed by atoms with van der Waals surface area (Å²) >= 11 is 5.58. The molecule has 0 saturated carbocycles. The van der Waals surface area contributed by atoms with Crippen LogP contribution in [0.1, 0.15) is 24.2 Å². The van der Waals surface area contributed by atoms with Crippen LogP contribution in [-0.2, 0) is 4.79 Å². The van der Waals surface area contributed by atoms with Gasteiger partial charge in [0, 0.05) is 6.20 Å². The summed E-state index contributed by atoms with van der Waals surface area (Å²) in [4.78, 5) is 26.5. The zero-order chi connectivity index (χ0) is 12.3. The van der Waals surface area contributed by atoms with Crippen molar-refractivity contribution in [2.45, 2.75) is 19.4 Å². The molecule has 1 aromatic rings. The summed E-state index contributed by atoms with van der Waals surface area (Å²) in [5, 5.41) is 2.79. The van der Waals surface area contributed by atoms with Gasteiger partial charge in [-0.1, -0.05) is 11.6 Å². The van der Waals surface area contributed by atoms with Crippen LogP contribution in [0.2, 0.25) is 5.15 Å². The van der Waals surface area contributed by atoms with E-state index in [9.17, 15) is 9.59 Å². The number of nitrogens with two attached hydrogens (primary N) is 1. The highest BCUT2D eigenvalue weighted by molar-refractivity contribution is 6.29. The molecule has 2 amide bonds. The van der Waals surface area contributed by atoms with Gasteiger partial charge in [-0.2, -0.15) is 0 Å². The highest BCUT2D eigenvalue weighted by Gasteiger charge is 2.27. The van der Waals surface area contributed by atoms with Crippen LogP contribution in [0.4, 0.5) is 0 Å². The van der Waals surface area contributed by atoms with Gasteiger partial charge in [0.2, 0.25) is 5.91 Å². The Bertz CT molecular complexity index is 415. The maximum atomic E-state index is 11.7. The molecule has 1 aromatic heterocycles. The van der Waals surface area contributed by atoms with Gasteiger partial charge < -0.3 is 11.1 Å². The molecule has 0 bridgehead atoms. The van der Waals surface area contributed by atoms with E-state index in [2.05, 4.69) is 10.3 Å². The van der Waals surface area contributed by atoms with E-state index in [4.69, 9.17) is 17.3 Å². The minimum absolute atomic E-state index is 0.297. The molecule has 0 spiro atoms. The molecule has 0 fully saturated rings. The maximum absolute atomic E-state index is 11.7. The number of nitrogens with zero attached hydrogens (tertiary/aromatic N) is 1. The first-order chi connectivity index (χ1) is 7.33. The van der Waals surface area contributed by atoms with Crippen molar-refractivity contribution in [3.63, 3.8) is 0 Å². The van der Waals surface area contributed by atoms with Gasteiger partial charge in [-0.15, -0.1) is 0 Å². The van der Waals surface area contributed by atoms with Gasteiger partial charge in [-0.3, -0.25) is 9.59 Å². The topological polar surface area (TPSA) is 85.1 Å². The number of primary amides is 1. The lowest BCUT2D eigenvalue weighted by Gasteiger charge is -2.22. The van der Waals surface area contributed by atoms with Crippen molar-refractivity contribution in [2.24, 2.45) is 5.73 Å². The molecular formula is C10H12ClN3O2. The van der Waals surface area contributed by atoms with Crippen LogP contribution < -0.4 is 11.1 Å². The van der Waals surface area contributed by atoms with Crippen LogP contribution in [0, 0.1) is 0 Å². The van der Waals surface area contributed by atoms with Crippen molar-refractivity contribution < 1.29 is 9.59 Å². The van der Waals surface area contributed by atoms with Crippen molar-refractivity contribution in [3.05, 3.63) is 29.0 Å². The van der Waals surface area contributed by atoms with E-state index in [1.54, 1.807) is 0 Å². The fraction of sp³-hybridized carbons (Fsp3) is 0.300. The second-order valence-electron chi connectivity index (χ2n) is 3.81. The minimum atomic E-state index is -1.10. The van der Waals surface area contributed by atoms with Gasteiger partial charge >= 0.3 is 0 Å². The number of rotatable bonds is 3. The summed E-state index contributed by atoms with van der Waals surface area (Å²) in [6.07, 6.45) is 1.33. The molecule has 0 radical (unpaired) electrons. The monoisotopic (exact) mass is 241 g/mol. The van der Waals surface area contributed by atoms with Crippen molar-refractivity contribution in [2.75, 3.05) is 0 Å². The van der Waals surface area contributed by atoms with Crippen LogP contribution >= 0.6 is 11.6 Å². The van der Waals surface area contributed by atoms with Crippen LogP contribution in [0.25, 0.3) is 0 Å². The average molecular weight is 242 g/mol. The molecule has 0 atom stereocenters. The Morgan fingerprint density at radius 3 is 2.50 bits per heavy atom. The lowest BCUT2D eigenvalue weighted by atomic mass is 10.0. The molecule has 0 unspecified atom stereocenters. The van der Waals surface area contributed by atoms with Gasteiger partial charge in [-0.05, 0) is 26.0 Å². The molecule has 0 aliphatic carbocycles. The number of carbonyl (C=O) groups is 2. The van der Waals surface area contributed by atoms with Gasteiger partial charge in [0.15, 0.2) is 0 Å². The van der Waals surface area contributed by atoms with Crippen LogP contribution in [0.15, 0.2) is 18.3 Å². The fourth-order valence-corrected chi connectivity index (χ4v) is 1.04. The zero-order valence-corrected chi connectivity index (χ0v) is 9.71. The summed E-state index contributed by atoms with van der Waals surface area (Å²) in [7, 11) is 0. The molecule has 0 aliphatic rings. The summed E-state index contributed by atoms with van der Waals surface area (Å²) in [6.45, 7) is 3.05. The number of carbonyl (C=O) groups excluding carboxylic acids is 2. The van der Waals surface area contributed by atoms with Gasteiger partial charge in [0.1, 0.15) is 10.7 Å². The first kappa shape index (κ1) is 12.4. The Labute approximate surface area is 98.0 Å². The number of pyridine rings is 1. The molecule has 3 N–H and O–H groups in total. The lowest BCUT2D eigenvalue weighted by Crippen LogP contribution is -2.53. The van der Waals surface area contributed by atoms with Crippen molar-refractivity contribution in [3.8, 4) is 0 Å². The third-order valence-corrected chi connectivity index (χ3v) is 2.26. The van der Waals surface area contributed by atoms with E-state index in [-0.39, 0.29) is 0 Å². The summed E-state index contributed by atoms with van der Waals surface area (Å²) < 4.78 is 0. The average Bonchev–Trinajstić information content (AvgIpc) is 2.17. The van der Waals surface area contributed by atoms with Crippen molar-refractivity contribution in [1.82, 2.24) is 10.3 Å². The molecule has 5 nitrogen and oxygen atoms in total. The van der Waals surface area contributed by atoms with E-state index < -0.39 is 17.4 Å². The number of hydrogen-bond donors (Lipinski definition) is 2. The molecule has 0 saturated heterocycles. The summed E-state index contributed by atoms with van der Waals surface area (Å²) in [5.74, 6) is -1.03. The Morgan fingerprint density at radius 1 is 1.44 bits per heavy atom. The molecule has 1 rings (SSSR count). The first-order valence-corrected chi connectivity index (χ1v) is 4.95. The fourth-order valence-electron chi connectivity index (χ4n) is 0.928. The molecule has 16 heavy (non-hydrogen) atoms.